The second kappa shape index (κ2) is 13.8. The van der Waals surface area contributed by atoms with Crippen molar-refractivity contribution in [3.63, 3.8) is 0 Å². The fraction of sp³-hybridized carbons (Fsp3) is 0.343. The van der Waals surface area contributed by atoms with Crippen molar-refractivity contribution < 1.29 is 44.8 Å². The minimum atomic E-state index is -5.08. The van der Waals surface area contributed by atoms with Crippen LogP contribution >= 0.6 is 11.6 Å². The monoisotopic (exact) mass is 825 g/mol. The summed E-state index contributed by atoms with van der Waals surface area (Å²) in [5.74, 6) is -6.43. The number of pyridine rings is 1. The second-order valence-electron chi connectivity index (χ2n) is 13.9. The average molecular weight is 826 g/mol. The number of alkyl halides is 5. The molecule has 4 aromatic heterocycles. The highest BCUT2D eigenvalue weighted by molar-refractivity contribution is 7.85. The van der Waals surface area contributed by atoms with E-state index in [0.29, 0.717) is 32.7 Å². The largest absolute Gasteiger partial charge is 0.435 e. The van der Waals surface area contributed by atoms with Gasteiger partial charge in [0.25, 0.3) is 5.92 Å². The number of fused-ring (bicyclic) bond motifs is 3. The minimum Gasteiger partial charge on any atom is -0.383 e. The third-order valence-electron chi connectivity index (χ3n) is 9.23. The molecule has 0 fully saturated rings. The van der Waals surface area contributed by atoms with E-state index in [0.717, 1.165) is 12.1 Å². The van der Waals surface area contributed by atoms with Crippen LogP contribution in [0.3, 0.4) is 0 Å². The Balaban J connectivity index is 1.42. The molecule has 4 N–H and O–H groups in total. The summed E-state index contributed by atoms with van der Waals surface area (Å²) in [4.78, 5) is 26.0. The first-order valence-electron chi connectivity index (χ1n) is 16.8. The van der Waals surface area contributed by atoms with Gasteiger partial charge in [-0.05, 0) is 56.5 Å². The fourth-order valence-corrected chi connectivity index (χ4v) is 7.63. The number of aromatic amines is 1. The molecule has 6 aromatic rings. The van der Waals surface area contributed by atoms with Gasteiger partial charge in [-0.3, -0.25) is 18.9 Å². The zero-order valence-electron chi connectivity index (χ0n) is 29.7. The zero-order valence-corrected chi connectivity index (χ0v) is 31.3. The van der Waals surface area contributed by atoms with Gasteiger partial charge in [0, 0.05) is 42.5 Å². The van der Waals surface area contributed by atoms with E-state index in [4.69, 9.17) is 16.6 Å². The lowest BCUT2D eigenvalue weighted by molar-refractivity contribution is -0.142. The number of halogens is 8. The van der Waals surface area contributed by atoms with Crippen molar-refractivity contribution in [2.45, 2.75) is 63.4 Å². The highest BCUT2D eigenvalue weighted by atomic mass is 35.5. The molecule has 0 saturated carbocycles. The van der Waals surface area contributed by atoms with Crippen molar-refractivity contribution in [3.8, 4) is 11.1 Å². The smallest absolute Gasteiger partial charge is 0.383 e. The Labute approximate surface area is 320 Å². The summed E-state index contributed by atoms with van der Waals surface area (Å²) < 4.78 is 117. The molecule has 21 heteroatoms. The first-order valence-corrected chi connectivity index (χ1v) is 18.7. The summed E-state index contributed by atoms with van der Waals surface area (Å²) >= 11 is 6.63. The van der Waals surface area contributed by atoms with E-state index in [1.54, 1.807) is 19.2 Å². The second-order valence-corrected chi connectivity index (χ2v) is 15.4. The first kappa shape index (κ1) is 39.2. The van der Waals surface area contributed by atoms with Crippen molar-refractivity contribution in [2.24, 2.45) is 7.05 Å². The van der Waals surface area contributed by atoms with Gasteiger partial charge in [0.2, 0.25) is 5.91 Å². The van der Waals surface area contributed by atoms with E-state index in [9.17, 15) is 44.8 Å². The predicted molar refractivity (Wildman–Crippen MR) is 192 cm³/mol. The predicted octanol–water partition coefficient (Wildman–Crippen LogP) is 6.73. The van der Waals surface area contributed by atoms with Crippen LogP contribution in [0, 0.1) is 11.6 Å². The molecule has 56 heavy (non-hydrogen) atoms. The highest BCUT2D eigenvalue weighted by Gasteiger charge is 2.50. The lowest BCUT2D eigenvalue weighted by atomic mass is 9.94. The number of anilines is 1. The molecule has 296 valence electrons. The Morgan fingerprint density at radius 3 is 2.43 bits per heavy atom. The SMILES string of the molecule is Cn1nc(NS(C)=O)c2c(Cl)ccc(-c3cc4[nH]c(C(C)(C)O)nc4nc3C(Cc3cc(F)cc(F)c3)NC(=O)Cn3nc(C(F)(F)F)c4c3C(F)(F)CC4)c21. The highest BCUT2D eigenvalue weighted by Crippen LogP contribution is 2.47. The van der Waals surface area contributed by atoms with Gasteiger partial charge in [0.15, 0.2) is 17.2 Å². The molecule has 7 rings (SSSR count). The first-order chi connectivity index (χ1) is 26.1. The van der Waals surface area contributed by atoms with Gasteiger partial charge in [-0.15, -0.1) is 0 Å². The molecule has 12 nitrogen and oxygen atoms in total. The maximum atomic E-state index is 15.0. The molecule has 0 aliphatic heterocycles. The number of aliphatic hydroxyl groups is 1. The number of nitrogens with one attached hydrogen (secondary N) is 3. The van der Waals surface area contributed by atoms with Crippen LogP contribution in [0.1, 0.15) is 60.3 Å². The number of aryl methyl sites for hydroxylation is 1. The molecule has 1 aliphatic rings. The van der Waals surface area contributed by atoms with Gasteiger partial charge in [-0.1, -0.05) is 17.7 Å². The molecular weight excluding hydrogens is 795 g/mol. The van der Waals surface area contributed by atoms with Crippen LogP contribution in [0.25, 0.3) is 33.2 Å². The quantitative estimate of drug-likeness (QED) is 0.112. The summed E-state index contributed by atoms with van der Waals surface area (Å²) in [5, 5.41) is 21.8. The number of benzene rings is 2. The van der Waals surface area contributed by atoms with Crippen molar-refractivity contribution in [3.05, 3.63) is 87.1 Å². The number of aromatic nitrogens is 7. The van der Waals surface area contributed by atoms with E-state index in [2.05, 4.69) is 30.2 Å². The number of H-pyrrole nitrogens is 1. The number of rotatable bonds is 10. The summed E-state index contributed by atoms with van der Waals surface area (Å²) in [6.07, 6.45) is -5.58. The third kappa shape index (κ3) is 7.32. The molecule has 0 spiro atoms. The van der Waals surface area contributed by atoms with Gasteiger partial charge in [-0.25, -0.2) is 23.0 Å². The fourth-order valence-electron chi connectivity index (χ4n) is 6.97. The molecule has 4 heterocycles. The number of nitrogens with zero attached hydrogens (tertiary/aromatic N) is 6. The molecule has 2 aromatic carbocycles. The Bertz CT molecular complexity index is 2560. The summed E-state index contributed by atoms with van der Waals surface area (Å²) in [6.45, 7) is 1.86. The van der Waals surface area contributed by atoms with Gasteiger partial charge < -0.3 is 15.4 Å². The number of imidazole rings is 1. The van der Waals surface area contributed by atoms with Crippen LogP contribution in [0.15, 0.2) is 36.4 Å². The molecule has 0 bridgehead atoms. The Hall–Kier alpha value is -5.08. The van der Waals surface area contributed by atoms with E-state index in [-0.39, 0.29) is 45.6 Å². The Morgan fingerprint density at radius 2 is 1.79 bits per heavy atom. The normalized spacial score (nSPS) is 15.4. The average Bonchev–Trinajstić information content (AvgIpc) is 3.82. The Morgan fingerprint density at radius 1 is 1.09 bits per heavy atom. The number of carbonyl (C=O) groups excluding carboxylic acids is 1. The molecule has 1 aliphatic carbocycles. The van der Waals surface area contributed by atoms with Crippen molar-refractivity contribution in [1.82, 2.24) is 39.8 Å². The van der Waals surface area contributed by atoms with Gasteiger partial charge in [-0.2, -0.15) is 32.1 Å². The van der Waals surface area contributed by atoms with E-state index >= 15 is 0 Å². The van der Waals surface area contributed by atoms with Crippen LogP contribution in [0.2, 0.25) is 5.02 Å². The summed E-state index contributed by atoms with van der Waals surface area (Å²) in [6, 6.07) is 5.99. The van der Waals surface area contributed by atoms with E-state index < -0.39 is 88.6 Å². The van der Waals surface area contributed by atoms with Crippen molar-refractivity contribution in [2.75, 3.05) is 11.0 Å². The van der Waals surface area contributed by atoms with Gasteiger partial charge in [0.1, 0.15) is 46.3 Å². The number of carbonyl (C=O) groups is 1. The summed E-state index contributed by atoms with van der Waals surface area (Å²) in [7, 11) is 0.0130. The number of amides is 1. The van der Waals surface area contributed by atoms with Crippen LogP contribution in [0.5, 0.6) is 0 Å². The lowest BCUT2D eigenvalue weighted by Crippen LogP contribution is -2.35. The van der Waals surface area contributed by atoms with E-state index in [1.165, 1.54) is 30.9 Å². The van der Waals surface area contributed by atoms with Gasteiger partial charge in [0.05, 0.1) is 33.2 Å². The van der Waals surface area contributed by atoms with Crippen LogP contribution in [-0.4, -0.2) is 56.0 Å². The molecular formula is C35H31ClF7N9O3S. The molecule has 1 amide bonds. The third-order valence-corrected chi connectivity index (χ3v) is 10.0. The zero-order chi connectivity index (χ0) is 40.6. The van der Waals surface area contributed by atoms with Crippen molar-refractivity contribution in [1.29, 1.82) is 0 Å². The standard InChI is InChI=1S/C35H31ClF7N9O3S/c1-33(2,54)32-45-23-13-20(18-5-6-21(36)25-27(18)51(3)49-31(25)50-56(4)55)26(46-30(23)47-32)22(11-15-9-16(37)12-17(38)10-15)44-24(53)14-52-29-19(7-8-34(29,39)40)28(48-52)35(41,42)43/h5-6,9-10,12-13,22,54H,7-8,11,14H2,1-4H3,(H,44,53)(H,49,50)(H,45,46,47). The molecule has 2 unspecified atom stereocenters. The Kier molecular flexibility index (Phi) is 9.68. The number of hydrogen-bond acceptors (Lipinski definition) is 7. The van der Waals surface area contributed by atoms with Crippen molar-refractivity contribution >= 4 is 56.4 Å². The lowest BCUT2D eigenvalue weighted by Gasteiger charge is -2.23. The summed E-state index contributed by atoms with van der Waals surface area (Å²) in [5.41, 5.74) is -3.38. The maximum absolute atomic E-state index is 15.0. The topological polar surface area (TPSA) is 156 Å². The van der Waals surface area contributed by atoms with Crippen LogP contribution in [-0.2, 0) is 59.9 Å². The molecule has 0 saturated heterocycles. The van der Waals surface area contributed by atoms with E-state index in [1.807, 2.05) is 0 Å². The number of hydrogen-bond donors (Lipinski definition) is 4. The van der Waals surface area contributed by atoms with Crippen LogP contribution < -0.4 is 10.0 Å². The van der Waals surface area contributed by atoms with Gasteiger partial charge >= 0.3 is 6.18 Å². The minimum absolute atomic E-state index is 0.00900. The maximum Gasteiger partial charge on any atom is 0.435 e. The van der Waals surface area contributed by atoms with Crippen LogP contribution in [0.4, 0.5) is 36.6 Å². The molecule has 2 atom stereocenters. The molecule has 0 radical (unpaired) electrons.